The molecule has 0 aliphatic rings. The van der Waals surface area contributed by atoms with E-state index >= 15 is 0 Å². The standard InChI is InChI=1S/C16H12N4O3/c21-14(10-5-7-17-8-6-10)20-18-9-13-11-3-1-2-4-12(11)15(22)19-16(13)23/h1-9H,(H,20,21)(H2,19,22,23). The second-order valence-electron chi connectivity index (χ2n) is 4.70. The van der Waals surface area contributed by atoms with Crippen LogP contribution < -0.4 is 11.0 Å². The highest BCUT2D eigenvalue weighted by molar-refractivity contribution is 6.02. The SMILES string of the molecule is O=C(NN=Cc1c(O)[nH]c(=O)c2ccccc12)c1ccncc1. The van der Waals surface area contributed by atoms with Gasteiger partial charge in [0.2, 0.25) is 5.88 Å². The molecule has 3 aromatic rings. The third kappa shape index (κ3) is 2.93. The number of hydrogen-bond acceptors (Lipinski definition) is 5. The highest BCUT2D eigenvalue weighted by Crippen LogP contribution is 2.19. The minimum absolute atomic E-state index is 0.310. The van der Waals surface area contributed by atoms with Gasteiger partial charge >= 0.3 is 0 Å². The van der Waals surface area contributed by atoms with Crippen LogP contribution in [-0.4, -0.2) is 27.2 Å². The van der Waals surface area contributed by atoms with Gasteiger partial charge < -0.3 is 5.11 Å². The predicted octanol–water partition coefficient (Wildman–Crippen LogP) is 1.39. The molecule has 0 aliphatic carbocycles. The summed E-state index contributed by atoms with van der Waals surface area (Å²) in [7, 11) is 0. The number of rotatable bonds is 3. The van der Waals surface area contributed by atoms with Gasteiger partial charge in [-0.05, 0) is 18.2 Å². The second-order valence-corrected chi connectivity index (χ2v) is 4.70. The van der Waals surface area contributed by atoms with Crippen LogP contribution in [0, 0.1) is 0 Å². The third-order valence-electron chi connectivity index (χ3n) is 3.25. The third-order valence-corrected chi connectivity index (χ3v) is 3.25. The molecule has 114 valence electrons. The Bertz CT molecular complexity index is 948. The number of nitrogens with one attached hydrogen (secondary N) is 2. The van der Waals surface area contributed by atoms with E-state index in [1.165, 1.54) is 18.6 Å². The lowest BCUT2D eigenvalue weighted by atomic mass is 10.1. The van der Waals surface area contributed by atoms with E-state index in [0.29, 0.717) is 21.9 Å². The van der Waals surface area contributed by atoms with Crippen LogP contribution in [0.5, 0.6) is 5.88 Å². The van der Waals surface area contributed by atoms with Crippen molar-refractivity contribution in [2.45, 2.75) is 0 Å². The van der Waals surface area contributed by atoms with E-state index in [-0.39, 0.29) is 5.88 Å². The average Bonchev–Trinajstić information content (AvgIpc) is 2.58. The Morgan fingerprint density at radius 1 is 1.17 bits per heavy atom. The quantitative estimate of drug-likeness (QED) is 0.502. The number of hydrazone groups is 1. The number of benzene rings is 1. The Hall–Kier alpha value is -3.48. The number of hydrogen-bond donors (Lipinski definition) is 3. The predicted molar refractivity (Wildman–Crippen MR) is 85.5 cm³/mol. The molecule has 1 amide bonds. The van der Waals surface area contributed by atoms with Gasteiger partial charge in [0, 0.05) is 28.7 Å². The molecule has 0 saturated carbocycles. The van der Waals surface area contributed by atoms with Gasteiger partial charge in [-0.1, -0.05) is 18.2 Å². The first-order chi connectivity index (χ1) is 11.2. The molecule has 2 heterocycles. The minimum atomic E-state index is -0.406. The van der Waals surface area contributed by atoms with Crippen LogP contribution in [0.15, 0.2) is 58.7 Å². The maximum Gasteiger partial charge on any atom is 0.271 e. The first-order valence-electron chi connectivity index (χ1n) is 6.74. The summed E-state index contributed by atoms with van der Waals surface area (Å²) in [5.74, 6) is -0.715. The van der Waals surface area contributed by atoms with Crippen molar-refractivity contribution < 1.29 is 9.90 Å². The fourth-order valence-electron chi connectivity index (χ4n) is 2.14. The Morgan fingerprint density at radius 3 is 2.61 bits per heavy atom. The first kappa shape index (κ1) is 14.5. The molecule has 3 N–H and O–H groups in total. The molecule has 0 unspecified atom stereocenters. The van der Waals surface area contributed by atoms with Gasteiger partial charge in [0.05, 0.1) is 11.8 Å². The highest BCUT2D eigenvalue weighted by Gasteiger charge is 2.09. The molecule has 0 atom stereocenters. The lowest BCUT2D eigenvalue weighted by Gasteiger charge is -2.04. The van der Waals surface area contributed by atoms with Crippen molar-refractivity contribution in [3.05, 3.63) is 70.3 Å². The summed E-state index contributed by atoms with van der Waals surface area (Å²) in [6.07, 6.45) is 4.28. The Kier molecular flexibility index (Phi) is 3.84. The molecular formula is C16H12N4O3. The monoisotopic (exact) mass is 308 g/mol. The maximum atomic E-state index is 11.9. The molecule has 1 aromatic carbocycles. The van der Waals surface area contributed by atoms with E-state index < -0.39 is 11.5 Å². The Labute approximate surface area is 130 Å². The van der Waals surface area contributed by atoms with Gasteiger partial charge in [0.15, 0.2) is 0 Å². The minimum Gasteiger partial charge on any atom is -0.494 e. The molecule has 2 aromatic heterocycles. The number of nitrogens with zero attached hydrogens (tertiary/aromatic N) is 2. The molecule has 0 aliphatic heterocycles. The summed E-state index contributed by atoms with van der Waals surface area (Å²) in [5.41, 5.74) is 2.69. The number of aromatic hydroxyl groups is 1. The van der Waals surface area contributed by atoms with Crippen molar-refractivity contribution in [1.82, 2.24) is 15.4 Å². The lowest BCUT2D eigenvalue weighted by molar-refractivity contribution is 0.0955. The molecule has 0 saturated heterocycles. The van der Waals surface area contributed by atoms with Gasteiger partial charge in [0.1, 0.15) is 0 Å². The summed E-state index contributed by atoms with van der Waals surface area (Å²) >= 11 is 0. The lowest BCUT2D eigenvalue weighted by Crippen LogP contribution is -2.17. The van der Waals surface area contributed by atoms with E-state index in [2.05, 4.69) is 20.5 Å². The Balaban J connectivity index is 1.90. The number of H-pyrrole nitrogens is 1. The van der Waals surface area contributed by atoms with E-state index in [1.807, 2.05) is 0 Å². The zero-order valence-corrected chi connectivity index (χ0v) is 11.9. The zero-order valence-electron chi connectivity index (χ0n) is 11.9. The topological polar surface area (TPSA) is 107 Å². The van der Waals surface area contributed by atoms with Gasteiger partial charge in [0.25, 0.3) is 11.5 Å². The summed E-state index contributed by atoms with van der Waals surface area (Å²) in [6.45, 7) is 0. The summed E-state index contributed by atoms with van der Waals surface area (Å²) in [4.78, 5) is 29.8. The van der Waals surface area contributed by atoms with Crippen LogP contribution in [-0.2, 0) is 0 Å². The van der Waals surface area contributed by atoms with Gasteiger partial charge in [-0.3, -0.25) is 19.6 Å². The largest absolute Gasteiger partial charge is 0.494 e. The zero-order chi connectivity index (χ0) is 16.2. The first-order valence-corrected chi connectivity index (χ1v) is 6.74. The summed E-state index contributed by atoms with van der Waals surface area (Å²) in [6, 6.07) is 9.90. The number of carbonyl (C=O) groups excluding carboxylic acids is 1. The van der Waals surface area contributed by atoms with E-state index in [1.54, 1.807) is 36.4 Å². The fourth-order valence-corrected chi connectivity index (χ4v) is 2.14. The number of aromatic nitrogens is 2. The van der Waals surface area contributed by atoms with Crippen LogP contribution >= 0.6 is 0 Å². The number of fused-ring (bicyclic) bond motifs is 1. The fraction of sp³-hybridized carbons (Fsp3) is 0. The molecule has 0 radical (unpaired) electrons. The van der Waals surface area contributed by atoms with Crippen LogP contribution in [0.4, 0.5) is 0 Å². The second kappa shape index (κ2) is 6.10. The number of aromatic amines is 1. The molecule has 0 spiro atoms. The molecule has 23 heavy (non-hydrogen) atoms. The summed E-state index contributed by atoms with van der Waals surface area (Å²) < 4.78 is 0. The van der Waals surface area contributed by atoms with Crippen molar-refractivity contribution in [2.75, 3.05) is 0 Å². The smallest absolute Gasteiger partial charge is 0.271 e. The van der Waals surface area contributed by atoms with E-state index in [4.69, 9.17) is 0 Å². The van der Waals surface area contributed by atoms with Crippen molar-refractivity contribution in [3.63, 3.8) is 0 Å². The van der Waals surface area contributed by atoms with Crippen molar-refractivity contribution >= 4 is 22.9 Å². The van der Waals surface area contributed by atoms with Crippen LogP contribution in [0.25, 0.3) is 10.8 Å². The highest BCUT2D eigenvalue weighted by atomic mass is 16.3. The molecule has 7 nitrogen and oxygen atoms in total. The summed E-state index contributed by atoms with van der Waals surface area (Å²) in [5, 5.41) is 14.7. The van der Waals surface area contributed by atoms with Crippen LogP contribution in [0.1, 0.15) is 15.9 Å². The van der Waals surface area contributed by atoms with Gasteiger partial charge in [-0.15, -0.1) is 0 Å². The molecular weight excluding hydrogens is 296 g/mol. The van der Waals surface area contributed by atoms with Crippen molar-refractivity contribution in [2.24, 2.45) is 5.10 Å². The maximum absolute atomic E-state index is 11.9. The normalized spacial score (nSPS) is 11.0. The van der Waals surface area contributed by atoms with Gasteiger partial charge in [-0.2, -0.15) is 5.10 Å². The number of pyridine rings is 2. The number of amides is 1. The van der Waals surface area contributed by atoms with E-state index in [0.717, 1.165) is 0 Å². The average molecular weight is 308 g/mol. The molecule has 0 fully saturated rings. The van der Waals surface area contributed by atoms with Crippen LogP contribution in [0.3, 0.4) is 0 Å². The van der Waals surface area contributed by atoms with Gasteiger partial charge in [-0.25, -0.2) is 5.43 Å². The molecule has 0 bridgehead atoms. The van der Waals surface area contributed by atoms with E-state index in [9.17, 15) is 14.7 Å². The number of carbonyl (C=O) groups is 1. The molecule has 7 heteroatoms. The van der Waals surface area contributed by atoms with Crippen LogP contribution in [0.2, 0.25) is 0 Å². The van der Waals surface area contributed by atoms with Crippen molar-refractivity contribution in [3.8, 4) is 5.88 Å². The Morgan fingerprint density at radius 2 is 1.87 bits per heavy atom. The molecule has 3 rings (SSSR count). The van der Waals surface area contributed by atoms with Crippen molar-refractivity contribution in [1.29, 1.82) is 0 Å².